The summed E-state index contributed by atoms with van der Waals surface area (Å²) in [5.74, 6) is 0. The van der Waals surface area contributed by atoms with Gasteiger partial charge in [0.2, 0.25) is 0 Å². The average molecular weight is 204 g/mol. The molecule has 14 heavy (non-hydrogen) atoms. The number of nitrogens with zero attached hydrogens (tertiary/aromatic N) is 1. The highest BCUT2D eigenvalue weighted by Gasteiger charge is 2.06. The van der Waals surface area contributed by atoms with E-state index in [0.717, 1.165) is 4.90 Å². The number of aliphatic hydroxyl groups is 1. The summed E-state index contributed by atoms with van der Waals surface area (Å²) in [4.78, 5) is 21.9. The molecule has 0 fully saturated rings. The minimum absolute atomic E-state index is 0.367. The Bertz CT molecular complexity index is 197. The molecule has 0 saturated carbocycles. The first-order chi connectivity index (χ1) is 6.57. The number of nitrogens with one attached hydrogen (secondary N) is 1. The lowest BCUT2D eigenvalue weighted by Gasteiger charge is -2.16. The number of amides is 4. The van der Waals surface area contributed by atoms with Crippen LogP contribution >= 0.6 is 0 Å². The fraction of sp³-hybridized carbons (Fsp3) is 0.714. The Morgan fingerprint density at radius 2 is 1.93 bits per heavy atom. The molecule has 0 heterocycles. The van der Waals surface area contributed by atoms with Gasteiger partial charge in [-0.05, 0) is 12.8 Å². The van der Waals surface area contributed by atoms with Gasteiger partial charge >= 0.3 is 12.1 Å². The Labute approximate surface area is 82.0 Å². The van der Waals surface area contributed by atoms with E-state index in [1.807, 2.05) is 0 Å². The molecule has 0 aliphatic rings. The third kappa shape index (κ3) is 6.06. The van der Waals surface area contributed by atoms with E-state index in [4.69, 9.17) is 16.6 Å². The smallest absolute Gasteiger partial charge is 0.316 e. The van der Waals surface area contributed by atoms with Gasteiger partial charge in [0.15, 0.2) is 0 Å². The first kappa shape index (κ1) is 12.5. The monoisotopic (exact) mass is 204 g/mol. The topological polar surface area (TPSA) is 122 Å². The normalized spacial score (nSPS) is 9.50. The molecule has 0 atom stereocenters. The molecule has 0 aliphatic carbocycles. The molecule has 0 unspecified atom stereocenters. The zero-order valence-electron chi connectivity index (χ0n) is 7.90. The second-order valence-corrected chi connectivity index (χ2v) is 2.74. The number of aliphatic hydroxyl groups excluding tert-OH is 1. The van der Waals surface area contributed by atoms with E-state index in [0.29, 0.717) is 25.9 Å². The summed E-state index contributed by atoms with van der Waals surface area (Å²) in [5.41, 5.74) is 9.78. The molecule has 7 nitrogen and oxygen atoms in total. The van der Waals surface area contributed by atoms with Crippen LogP contribution in [0.4, 0.5) is 9.59 Å². The zero-order valence-corrected chi connectivity index (χ0v) is 7.90. The maximum absolute atomic E-state index is 10.6. The third-order valence-electron chi connectivity index (χ3n) is 1.64. The fourth-order valence-corrected chi connectivity index (χ4v) is 0.890. The molecule has 0 spiro atoms. The number of carbonyl (C=O) groups is 2. The molecule has 0 radical (unpaired) electrons. The van der Waals surface area contributed by atoms with Crippen molar-refractivity contribution in [3.63, 3.8) is 0 Å². The van der Waals surface area contributed by atoms with Gasteiger partial charge in [-0.15, -0.1) is 0 Å². The summed E-state index contributed by atoms with van der Waals surface area (Å²) in [7, 11) is 0. The minimum Gasteiger partial charge on any atom is -0.376 e. The number of nitrogens with two attached hydrogens (primary N) is 2. The van der Waals surface area contributed by atoms with Gasteiger partial charge in [0.25, 0.3) is 0 Å². The van der Waals surface area contributed by atoms with Gasteiger partial charge in [0.1, 0.15) is 6.73 Å². The van der Waals surface area contributed by atoms with E-state index < -0.39 is 18.8 Å². The SMILES string of the molecule is NC(=O)NCCCCN(CO)C(N)=O. The zero-order chi connectivity index (χ0) is 11.0. The number of hydrogen-bond donors (Lipinski definition) is 4. The van der Waals surface area contributed by atoms with Gasteiger partial charge in [-0.1, -0.05) is 0 Å². The largest absolute Gasteiger partial charge is 0.376 e. The van der Waals surface area contributed by atoms with Crippen LogP contribution in [0.15, 0.2) is 0 Å². The van der Waals surface area contributed by atoms with Crippen molar-refractivity contribution in [2.24, 2.45) is 11.5 Å². The maximum atomic E-state index is 10.6. The maximum Gasteiger partial charge on any atom is 0.316 e. The molecule has 82 valence electrons. The van der Waals surface area contributed by atoms with Gasteiger partial charge < -0.3 is 26.8 Å². The Morgan fingerprint density at radius 3 is 2.36 bits per heavy atom. The van der Waals surface area contributed by atoms with Crippen LogP contribution in [-0.2, 0) is 0 Å². The van der Waals surface area contributed by atoms with Crippen molar-refractivity contribution in [2.75, 3.05) is 19.8 Å². The van der Waals surface area contributed by atoms with E-state index in [-0.39, 0.29) is 0 Å². The van der Waals surface area contributed by atoms with Crippen LogP contribution in [0.3, 0.4) is 0 Å². The van der Waals surface area contributed by atoms with Crippen LogP contribution in [0.1, 0.15) is 12.8 Å². The molecule has 0 bridgehead atoms. The van der Waals surface area contributed by atoms with Gasteiger partial charge in [-0.2, -0.15) is 0 Å². The van der Waals surface area contributed by atoms with Gasteiger partial charge in [0.05, 0.1) is 0 Å². The second-order valence-electron chi connectivity index (χ2n) is 2.74. The van der Waals surface area contributed by atoms with Gasteiger partial charge in [-0.3, -0.25) is 0 Å². The lowest BCUT2D eigenvalue weighted by Crippen LogP contribution is -2.37. The number of primary amides is 2. The first-order valence-electron chi connectivity index (χ1n) is 4.26. The molecule has 6 N–H and O–H groups in total. The Balaban J connectivity index is 3.42. The summed E-state index contributed by atoms with van der Waals surface area (Å²) in [5, 5.41) is 11.1. The summed E-state index contributed by atoms with van der Waals surface area (Å²) in [6.45, 7) is 0.429. The molecule has 0 rings (SSSR count). The lowest BCUT2D eigenvalue weighted by molar-refractivity contribution is 0.127. The summed E-state index contributed by atoms with van der Waals surface area (Å²) < 4.78 is 0. The lowest BCUT2D eigenvalue weighted by atomic mass is 10.3. The van der Waals surface area contributed by atoms with Crippen molar-refractivity contribution in [3.05, 3.63) is 0 Å². The summed E-state index contributed by atoms with van der Waals surface area (Å²) in [6.07, 6.45) is 1.32. The Morgan fingerprint density at radius 1 is 1.29 bits per heavy atom. The van der Waals surface area contributed by atoms with Gasteiger partial charge in [0, 0.05) is 13.1 Å². The van der Waals surface area contributed by atoms with Crippen molar-refractivity contribution in [1.82, 2.24) is 10.2 Å². The highest BCUT2D eigenvalue weighted by Crippen LogP contribution is 1.93. The standard InChI is InChI=1S/C7H16N4O3/c8-6(13)10-3-1-2-4-11(5-12)7(9)14/h12H,1-5H2,(H2,9,14)(H3,8,10,13). The molecule has 0 saturated heterocycles. The van der Waals surface area contributed by atoms with Crippen molar-refractivity contribution in [2.45, 2.75) is 12.8 Å². The van der Waals surface area contributed by atoms with Crippen LogP contribution in [0, 0.1) is 0 Å². The van der Waals surface area contributed by atoms with E-state index in [1.54, 1.807) is 0 Å². The van der Waals surface area contributed by atoms with Crippen LogP contribution in [0.5, 0.6) is 0 Å². The molecule has 0 aliphatic heterocycles. The Kier molecular flexibility index (Phi) is 6.21. The molecule has 7 heteroatoms. The number of carbonyl (C=O) groups excluding carboxylic acids is 2. The van der Waals surface area contributed by atoms with Crippen LogP contribution in [-0.4, -0.2) is 41.9 Å². The molecular formula is C7H16N4O3. The van der Waals surface area contributed by atoms with Crippen LogP contribution in [0.25, 0.3) is 0 Å². The second kappa shape index (κ2) is 6.96. The minimum atomic E-state index is -0.657. The molecule has 0 aromatic carbocycles. The van der Waals surface area contributed by atoms with Crippen molar-refractivity contribution in [1.29, 1.82) is 0 Å². The molecule has 0 aromatic heterocycles. The highest BCUT2D eigenvalue weighted by molar-refractivity contribution is 5.72. The van der Waals surface area contributed by atoms with E-state index in [1.165, 1.54) is 0 Å². The quantitative estimate of drug-likeness (QED) is 0.320. The number of urea groups is 2. The number of unbranched alkanes of at least 4 members (excludes halogenated alkanes) is 1. The first-order valence-corrected chi connectivity index (χ1v) is 4.26. The predicted octanol–water partition coefficient (Wildman–Crippen LogP) is -1.23. The molecule has 0 aromatic rings. The van der Waals surface area contributed by atoms with E-state index in [2.05, 4.69) is 5.32 Å². The van der Waals surface area contributed by atoms with Crippen molar-refractivity contribution < 1.29 is 14.7 Å². The summed E-state index contributed by atoms with van der Waals surface area (Å²) >= 11 is 0. The van der Waals surface area contributed by atoms with Crippen molar-refractivity contribution >= 4 is 12.1 Å². The predicted molar refractivity (Wildman–Crippen MR) is 50.2 cm³/mol. The van der Waals surface area contributed by atoms with E-state index >= 15 is 0 Å². The third-order valence-corrected chi connectivity index (χ3v) is 1.64. The van der Waals surface area contributed by atoms with Crippen molar-refractivity contribution in [3.8, 4) is 0 Å². The molecule has 4 amide bonds. The van der Waals surface area contributed by atoms with Crippen LogP contribution < -0.4 is 16.8 Å². The number of rotatable bonds is 6. The van der Waals surface area contributed by atoms with E-state index in [9.17, 15) is 9.59 Å². The Hall–Kier alpha value is -1.50. The fourth-order valence-electron chi connectivity index (χ4n) is 0.890. The average Bonchev–Trinajstić information content (AvgIpc) is 2.10. The number of hydrogen-bond acceptors (Lipinski definition) is 3. The highest BCUT2D eigenvalue weighted by atomic mass is 16.3. The van der Waals surface area contributed by atoms with Crippen LogP contribution in [0.2, 0.25) is 0 Å². The summed E-state index contributed by atoms with van der Waals surface area (Å²) in [6, 6.07) is -1.23. The molecular weight excluding hydrogens is 188 g/mol. The van der Waals surface area contributed by atoms with Gasteiger partial charge in [-0.25, -0.2) is 9.59 Å².